The highest BCUT2D eigenvalue weighted by Gasteiger charge is 2.39. The monoisotopic (exact) mass is 172 g/mol. The number of carbonyl (C=O) groups excluding carboxylic acids is 2. The Morgan fingerprint density at radius 1 is 1.58 bits per heavy atom. The number of hydrogen-bond donors (Lipinski definition) is 2. The van der Waals surface area contributed by atoms with Crippen LogP contribution in [-0.2, 0) is 9.59 Å². The highest BCUT2D eigenvalue weighted by Crippen LogP contribution is 2.17. The highest BCUT2D eigenvalue weighted by molar-refractivity contribution is 6.00. The van der Waals surface area contributed by atoms with Gasteiger partial charge in [0.15, 0.2) is 0 Å². The van der Waals surface area contributed by atoms with Gasteiger partial charge in [-0.2, -0.15) is 0 Å². The summed E-state index contributed by atoms with van der Waals surface area (Å²) in [6, 6.07) is -2.07. The molecule has 1 atom stereocenters. The number of carboxylic acid groups (broad SMARTS) is 1. The van der Waals surface area contributed by atoms with Gasteiger partial charge >= 0.3 is 12.0 Å². The first-order valence-electron chi connectivity index (χ1n) is 3.38. The third-order valence-corrected chi connectivity index (χ3v) is 1.73. The Kier molecular flexibility index (Phi) is 1.99. The third kappa shape index (κ3) is 1.23. The number of amides is 3. The molecule has 1 rings (SSSR count). The zero-order valence-electron chi connectivity index (χ0n) is 6.19. The first-order chi connectivity index (χ1) is 5.54. The number of carboxylic acids is 1. The van der Waals surface area contributed by atoms with Gasteiger partial charge in [0.05, 0.1) is 0 Å². The van der Waals surface area contributed by atoms with Gasteiger partial charge in [0.1, 0.15) is 6.04 Å². The summed E-state index contributed by atoms with van der Waals surface area (Å²) in [5, 5.41) is 8.55. The van der Waals surface area contributed by atoms with Gasteiger partial charge in [-0.05, 0) is 6.42 Å². The Morgan fingerprint density at radius 2 is 2.17 bits per heavy atom. The van der Waals surface area contributed by atoms with Gasteiger partial charge < -0.3 is 10.8 Å². The lowest BCUT2D eigenvalue weighted by atomic mass is 10.2. The third-order valence-electron chi connectivity index (χ3n) is 1.73. The molecule has 0 aromatic rings. The van der Waals surface area contributed by atoms with E-state index in [1.165, 1.54) is 0 Å². The van der Waals surface area contributed by atoms with Crippen LogP contribution < -0.4 is 5.73 Å². The standard InChI is InChI=1S/C6H8N2O4/c7-6(12)8-3(5(10)11)1-2-4(8)9/h3H,1-2H2,(H2,7,12)(H,10,11). The number of urea groups is 1. The fraction of sp³-hybridized carbons (Fsp3) is 0.500. The van der Waals surface area contributed by atoms with Gasteiger partial charge in [-0.1, -0.05) is 0 Å². The van der Waals surface area contributed by atoms with E-state index < -0.39 is 23.9 Å². The molecule has 1 heterocycles. The zero-order valence-corrected chi connectivity index (χ0v) is 6.19. The van der Waals surface area contributed by atoms with Crippen molar-refractivity contribution in [2.75, 3.05) is 0 Å². The first kappa shape index (κ1) is 8.51. The van der Waals surface area contributed by atoms with E-state index in [-0.39, 0.29) is 12.8 Å². The number of hydrogen-bond acceptors (Lipinski definition) is 3. The second-order valence-electron chi connectivity index (χ2n) is 2.49. The fourth-order valence-electron chi connectivity index (χ4n) is 1.19. The lowest BCUT2D eigenvalue weighted by molar-refractivity contribution is -0.144. The van der Waals surface area contributed by atoms with Gasteiger partial charge in [0, 0.05) is 6.42 Å². The molecule has 3 amide bonds. The smallest absolute Gasteiger partial charge is 0.327 e. The molecule has 1 fully saturated rings. The van der Waals surface area contributed by atoms with E-state index in [4.69, 9.17) is 10.8 Å². The Balaban J connectivity index is 2.84. The molecule has 1 aliphatic rings. The van der Waals surface area contributed by atoms with Crippen LogP contribution in [0, 0.1) is 0 Å². The average molecular weight is 172 g/mol. The van der Waals surface area contributed by atoms with Gasteiger partial charge in [0.25, 0.3) is 0 Å². The van der Waals surface area contributed by atoms with Crippen LogP contribution in [0.15, 0.2) is 0 Å². The van der Waals surface area contributed by atoms with Crippen molar-refractivity contribution < 1.29 is 19.5 Å². The minimum Gasteiger partial charge on any atom is -0.480 e. The number of carbonyl (C=O) groups is 3. The lowest BCUT2D eigenvalue weighted by Gasteiger charge is -2.15. The Hall–Kier alpha value is -1.59. The van der Waals surface area contributed by atoms with E-state index in [2.05, 4.69) is 0 Å². The number of rotatable bonds is 1. The topological polar surface area (TPSA) is 101 Å². The average Bonchev–Trinajstić information content (AvgIpc) is 2.30. The molecular weight excluding hydrogens is 164 g/mol. The van der Waals surface area contributed by atoms with Crippen molar-refractivity contribution in [2.45, 2.75) is 18.9 Å². The Bertz CT molecular complexity index is 250. The van der Waals surface area contributed by atoms with Crippen LogP contribution in [0.5, 0.6) is 0 Å². The van der Waals surface area contributed by atoms with Gasteiger partial charge in [-0.25, -0.2) is 9.59 Å². The second kappa shape index (κ2) is 2.80. The Morgan fingerprint density at radius 3 is 2.50 bits per heavy atom. The van der Waals surface area contributed by atoms with E-state index in [0.29, 0.717) is 4.90 Å². The van der Waals surface area contributed by atoms with E-state index in [1.54, 1.807) is 0 Å². The molecule has 6 nitrogen and oxygen atoms in total. The largest absolute Gasteiger partial charge is 0.480 e. The quantitative estimate of drug-likeness (QED) is 0.537. The van der Waals surface area contributed by atoms with Crippen molar-refractivity contribution in [3.8, 4) is 0 Å². The summed E-state index contributed by atoms with van der Waals surface area (Å²) in [4.78, 5) is 32.5. The summed E-state index contributed by atoms with van der Waals surface area (Å²) < 4.78 is 0. The zero-order chi connectivity index (χ0) is 9.30. The van der Waals surface area contributed by atoms with E-state index >= 15 is 0 Å². The van der Waals surface area contributed by atoms with Crippen LogP contribution in [0.3, 0.4) is 0 Å². The lowest BCUT2D eigenvalue weighted by Crippen LogP contribution is -2.45. The maximum absolute atomic E-state index is 10.9. The summed E-state index contributed by atoms with van der Waals surface area (Å²) >= 11 is 0. The molecule has 0 spiro atoms. The molecule has 0 aromatic heterocycles. The summed E-state index contributed by atoms with van der Waals surface area (Å²) in [6.07, 6.45) is 0.219. The molecule has 3 N–H and O–H groups in total. The minimum atomic E-state index is -1.19. The predicted octanol–water partition coefficient (Wildman–Crippen LogP) is -0.859. The molecule has 0 aliphatic carbocycles. The van der Waals surface area contributed by atoms with E-state index in [9.17, 15) is 14.4 Å². The first-order valence-corrected chi connectivity index (χ1v) is 3.38. The molecule has 12 heavy (non-hydrogen) atoms. The molecule has 1 saturated heterocycles. The van der Waals surface area contributed by atoms with Crippen LogP contribution in [0.2, 0.25) is 0 Å². The van der Waals surface area contributed by atoms with Crippen molar-refractivity contribution in [1.82, 2.24) is 4.90 Å². The molecular formula is C6H8N2O4. The molecule has 66 valence electrons. The molecule has 0 radical (unpaired) electrons. The predicted molar refractivity (Wildman–Crippen MR) is 37.1 cm³/mol. The Labute approximate surface area is 67.9 Å². The summed E-state index contributed by atoms with van der Waals surface area (Å²) in [6.45, 7) is 0. The molecule has 0 bridgehead atoms. The van der Waals surface area contributed by atoms with Crippen molar-refractivity contribution in [3.05, 3.63) is 0 Å². The van der Waals surface area contributed by atoms with E-state index in [0.717, 1.165) is 0 Å². The van der Waals surface area contributed by atoms with Crippen molar-refractivity contribution in [3.63, 3.8) is 0 Å². The highest BCUT2D eigenvalue weighted by atomic mass is 16.4. The van der Waals surface area contributed by atoms with Crippen LogP contribution in [0.4, 0.5) is 4.79 Å². The number of imide groups is 1. The van der Waals surface area contributed by atoms with Crippen molar-refractivity contribution >= 4 is 17.9 Å². The number of aliphatic carboxylic acids is 1. The van der Waals surface area contributed by atoms with Gasteiger partial charge in [-0.3, -0.25) is 9.69 Å². The minimum absolute atomic E-state index is 0.0694. The maximum Gasteiger partial charge on any atom is 0.327 e. The summed E-state index contributed by atoms with van der Waals surface area (Å²) in [5.74, 6) is -1.71. The van der Waals surface area contributed by atoms with Crippen LogP contribution in [0.25, 0.3) is 0 Å². The molecule has 0 aromatic carbocycles. The van der Waals surface area contributed by atoms with Crippen LogP contribution in [0.1, 0.15) is 12.8 Å². The van der Waals surface area contributed by atoms with Gasteiger partial charge in [-0.15, -0.1) is 0 Å². The van der Waals surface area contributed by atoms with Crippen LogP contribution >= 0.6 is 0 Å². The number of nitrogens with zero attached hydrogens (tertiary/aromatic N) is 1. The summed E-state index contributed by atoms with van der Waals surface area (Å²) in [5.41, 5.74) is 4.82. The van der Waals surface area contributed by atoms with Gasteiger partial charge in [0.2, 0.25) is 5.91 Å². The summed E-state index contributed by atoms with van der Waals surface area (Å²) in [7, 11) is 0. The number of likely N-dealkylation sites (tertiary alicyclic amines) is 1. The van der Waals surface area contributed by atoms with Crippen molar-refractivity contribution in [2.24, 2.45) is 5.73 Å². The SMILES string of the molecule is NC(=O)N1C(=O)CCC1C(=O)O. The molecule has 0 saturated carbocycles. The van der Waals surface area contributed by atoms with Crippen molar-refractivity contribution in [1.29, 1.82) is 0 Å². The molecule has 1 aliphatic heterocycles. The fourth-order valence-corrected chi connectivity index (χ4v) is 1.19. The van der Waals surface area contributed by atoms with E-state index in [1.807, 2.05) is 0 Å². The maximum atomic E-state index is 10.9. The number of primary amides is 1. The van der Waals surface area contributed by atoms with Crippen LogP contribution in [-0.4, -0.2) is 34.0 Å². The normalized spacial score (nSPS) is 22.8. The molecule has 6 heteroatoms. The number of nitrogens with two attached hydrogens (primary N) is 1. The molecule has 1 unspecified atom stereocenters. The second-order valence-corrected chi connectivity index (χ2v) is 2.49.